The van der Waals surface area contributed by atoms with Gasteiger partial charge in [-0.05, 0) is 37.7 Å². The summed E-state index contributed by atoms with van der Waals surface area (Å²) >= 11 is 0. The molecule has 0 spiro atoms. The van der Waals surface area contributed by atoms with Crippen molar-refractivity contribution in [2.75, 3.05) is 24.2 Å². The van der Waals surface area contributed by atoms with E-state index in [2.05, 4.69) is 15.6 Å². The number of anilines is 2. The first-order valence-electron chi connectivity index (χ1n) is 6.33. The molecule has 0 aromatic carbocycles. The van der Waals surface area contributed by atoms with Gasteiger partial charge in [-0.25, -0.2) is 4.98 Å². The predicted molar refractivity (Wildman–Crippen MR) is 70.2 cm³/mol. The first kappa shape index (κ1) is 12.2. The number of aliphatic hydroxyl groups is 1. The molecule has 1 aliphatic carbocycles. The van der Waals surface area contributed by atoms with Gasteiger partial charge in [-0.2, -0.15) is 0 Å². The summed E-state index contributed by atoms with van der Waals surface area (Å²) in [4.78, 5) is 4.18. The SMILES string of the molecule is CNc1cc(NCC2CCC(O)CC2)ccn1. The van der Waals surface area contributed by atoms with E-state index < -0.39 is 0 Å². The normalized spacial score (nSPS) is 24.4. The molecule has 1 saturated carbocycles. The lowest BCUT2D eigenvalue weighted by Gasteiger charge is -2.25. The van der Waals surface area contributed by atoms with Crippen LogP contribution in [0.2, 0.25) is 0 Å². The summed E-state index contributed by atoms with van der Waals surface area (Å²) in [5.41, 5.74) is 1.11. The minimum Gasteiger partial charge on any atom is -0.393 e. The van der Waals surface area contributed by atoms with Gasteiger partial charge < -0.3 is 15.7 Å². The lowest BCUT2D eigenvalue weighted by Crippen LogP contribution is -2.23. The van der Waals surface area contributed by atoms with E-state index in [1.165, 1.54) is 0 Å². The lowest BCUT2D eigenvalue weighted by molar-refractivity contribution is 0.111. The second-order valence-corrected chi connectivity index (χ2v) is 4.74. The van der Waals surface area contributed by atoms with Crippen LogP contribution in [-0.4, -0.2) is 29.8 Å². The number of rotatable bonds is 4. The molecule has 2 rings (SSSR count). The summed E-state index contributed by atoms with van der Waals surface area (Å²) in [5, 5.41) is 15.9. The average molecular weight is 235 g/mol. The number of aliphatic hydroxyl groups excluding tert-OH is 1. The van der Waals surface area contributed by atoms with Crippen LogP contribution in [0.5, 0.6) is 0 Å². The Morgan fingerprint density at radius 2 is 2.12 bits per heavy atom. The van der Waals surface area contributed by atoms with Gasteiger partial charge in [-0.15, -0.1) is 0 Å². The van der Waals surface area contributed by atoms with Gasteiger partial charge in [-0.3, -0.25) is 0 Å². The molecule has 0 unspecified atom stereocenters. The molecule has 17 heavy (non-hydrogen) atoms. The maximum atomic E-state index is 9.44. The van der Waals surface area contributed by atoms with E-state index in [4.69, 9.17) is 0 Å². The molecular formula is C13H21N3O. The van der Waals surface area contributed by atoms with E-state index in [0.717, 1.165) is 43.7 Å². The van der Waals surface area contributed by atoms with Gasteiger partial charge in [-0.1, -0.05) is 0 Å². The molecule has 0 aliphatic heterocycles. The molecule has 0 bridgehead atoms. The molecule has 1 aliphatic rings. The van der Waals surface area contributed by atoms with Crippen molar-refractivity contribution in [3.8, 4) is 0 Å². The van der Waals surface area contributed by atoms with Crippen molar-refractivity contribution in [2.24, 2.45) is 5.92 Å². The van der Waals surface area contributed by atoms with Crippen LogP contribution in [-0.2, 0) is 0 Å². The van der Waals surface area contributed by atoms with Crippen molar-refractivity contribution in [3.63, 3.8) is 0 Å². The molecule has 1 fully saturated rings. The van der Waals surface area contributed by atoms with Crippen LogP contribution >= 0.6 is 0 Å². The van der Waals surface area contributed by atoms with E-state index >= 15 is 0 Å². The standard InChI is InChI=1S/C13H21N3O/c1-14-13-8-11(6-7-15-13)16-9-10-2-4-12(17)5-3-10/h6-8,10,12,17H,2-5,9H2,1H3,(H2,14,15,16). The topological polar surface area (TPSA) is 57.2 Å². The van der Waals surface area contributed by atoms with Crippen molar-refractivity contribution in [1.29, 1.82) is 0 Å². The number of pyridine rings is 1. The highest BCUT2D eigenvalue weighted by Crippen LogP contribution is 2.24. The largest absolute Gasteiger partial charge is 0.393 e. The molecule has 4 heteroatoms. The van der Waals surface area contributed by atoms with Crippen molar-refractivity contribution in [2.45, 2.75) is 31.8 Å². The van der Waals surface area contributed by atoms with Crippen LogP contribution in [0.4, 0.5) is 11.5 Å². The molecule has 4 nitrogen and oxygen atoms in total. The minimum atomic E-state index is -0.0666. The number of nitrogens with zero attached hydrogens (tertiary/aromatic N) is 1. The Hall–Kier alpha value is -1.29. The van der Waals surface area contributed by atoms with Gasteiger partial charge in [0.05, 0.1) is 6.10 Å². The Kier molecular flexibility index (Phi) is 4.20. The fourth-order valence-corrected chi connectivity index (χ4v) is 2.29. The third kappa shape index (κ3) is 3.60. The van der Waals surface area contributed by atoms with Gasteiger partial charge in [0, 0.05) is 31.5 Å². The Morgan fingerprint density at radius 3 is 2.82 bits per heavy atom. The number of hydrogen-bond donors (Lipinski definition) is 3. The minimum absolute atomic E-state index is 0.0666. The molecule has 94 valence electrons. The fourth-order valence-electron chi connectivity index (χ4n) is 2.29. The molecule has 1 aromatic rings. The first-order chi connectivity index (χ1) is 8.28. The van der Waals surface area contributed by atoms with Gasteiger partial charge in [0.2, 0.25) is 0 Å². The molecule has 3 N–H and O–H groups in total. The molecule has 0 saturated heterocycles. The maximum absolute atomic E-state index is 9.44. The monoisotopic (exact) mass is 235 g/mol. The number of aromatic nitrogens is 1. The zero-order chi connectivity index (χ0) is 12.1. The van der Waals surface area contributed by atoms with E-state index in [-0.39, 0.29) is 6.10 Å². The molecule has 0 radical (unpaired) electrons. The van der Waals surface area contributed by atoms with Crippen LogP contribution in [0.1, 0.15) is 25.7 Å². The summed E-state index contributed by atoms with van der Waals surface area (Å²) in [6.07, 6.45) is 5.88. The second-order valence-electron chi connectivity index (χ2n) is 4.74. The summed E-state index contributed by atoms with van der Waals surface area (Å²) in [7, 11) is 1.87. The van der Waals surface area contributed by atoms with Crippen molar-refractivity contribution >= 4 is 11.5 Å². The lowest BCUT2D eigenvalue weighted by atomic mass is 9.87. The second kappa shape index (κ2) is 5.87. The van der Waals surface area contributed by atoms with Crippen LogP contribution in [0, 0.1) is 5.92 Å². The Labute approximate surface area is 102 Å². The average Bonchev–Trinajstić information content (AvgIpc) is 2.38. The first-order valence-corrected chi connectivity index (χ1v) is 6.33. The highest BCUT2D eigenvalue weighted by molar-refractivity contribution is 5.51. The van der Waals surface area contributed by atoms with E-state index in [1.807, 2.05) is 19.2 Å². The van der Waals surface area contributed by atoms with Crippen molar-refractivity contribution in [1.82, 2.24) is 4.98 Å². The maximum Gasteiger partial charge on any atom is 0.127 e. The Bertz CT molecular complexity index is 348. The third-order valence-electron chi connectivity index (χ3n) is 3.43. The zero-order valence-corrected chi connectivity index (χ0v) is 10.3. The molecule has 1 heterocycles. The van der Waals surface area contributed by atoms with E-state index in [0.29, 0.717) is 5.92 Å². The van der Waals surface area contributed by atoms with Gasteiger partial charge in [0.1, 0.15) is 5.82 Å². The third-order valence-corrected chi connectivity index (χ3v) is 3.43. The molecule has 1 aromatic heterocycles. The van der Waals surface area contributed by atoms with Gasteiger partial charge in [0.15, 0.2) is 0 Å². The number of nitrogens with one attached hydrogen (secondary N) is 2. The summed E-state index contributed by atoms with van der Waals surface area (Å²) in [5.74, 6) is 1.57. The van der Waals surface area contributed by atoms with Crippen LogP contribution in [0.15, 0.2) is 18.3 Å². The van der Waals surface area contributed by atoms with Crippen molar-refractivity contribution in [3.05, 3.63) is 18.3 Å². The van der Waals surface area contributed by atoms with Crippen LogP contribution in [0.25, 0.3) is 0 Å². The van der Waals surface area contributed by atoms with E-state index in [9.17, 15) is 5.11 Å². The van der Waals surface area contributed by atoms with Gasteiger partial charge in [0.25, 0.3) is 0 Å². The highest BCUT2D eigenvalue weighted by atomic mass is 16.3. The Balaban J connectivity index is 1.81. The quantitative estimate of drug-likeness (QED) is 0.748. The highest BCUT2D eigenvalue weighted by Gasteiger charge is 2.18. The molecule has 0 atom stereocenters. The number of hydrogen-bond acceptors (Lipinski definition) is 4. The Morgan fingerprint density at radius 1 is 1.35 bits per heavy atom. The molecule has 0 amide bonds. The van der Waals surface area contributed by atoms with Crippen LogP contribution < -0.4 is 10.6 Å². The fraction of sp³-hybridized carbons (Fsp3) is 0.615. The summed E-state index contributed by atoms with van der Waals surface area (Å²) < 4.78 is 0. The zero-order valence-electron chi connectivity index (χ0n) is 10.3. The van der Waals surface area contributed by atoms with Gasteiger partial charge >= 0.3 is 0 Å². The predicted octanol–water partition coefficient (Wildman–Crippen LogP) is 2.09. The molecular weight excluding hydrogens is 214 g/mol. The van der Waals surface area contributed by atoms with Crippen molar-refractivity contribution < 1.29 is 5.11 Å². The smallest absolute Gasteiger partial charge is 0.127 e. The van der Waals surface area contributed by atoms with E-state index in [1.54, 1.807) is 6.20 Å². The summed E-state index contributed by atoms with van der Waals surface area (Å²) in [6.45, 7) is 0.986. The summed E-state index contributed by atoms with van der Waals surface area (Å²) in [6, 6.07) is 4.00. The van der Waals surface area contributed by atoms with Crippen LogP contribution in [0.3, 0.4) is 0 Å².